The number of nitrogens with zero attached hydrogens (tertiary/aromatic N) is 1. The topological polar surface area (TPSA) is 24.9 Å². The molecular weight excluding hydrogens is 232 g/mol. The average molecular weight is 260 g/mol. The summed E-state index contributed by atoms with van der Waals surface area (Å²) in [5.41, 5.74) is 3.27. The Labute approximate surface area is 118 Å². The van der Waals surface area contributed by atoms with E-state index in [-0.39, 0.29) is 0 Å². The number of aryl methyl sites for hydroxylation is 1. The Morgan fingerprint density at radius 1 is 1.16 bits per heavy atom. The molecule has 2 heteroatoms. The van der Waals surface area contributed by atoms with Crippen LogP contribution >= 0.6 is 0 Å². The van der Waals surface area contributed by atoms with Crippen molar-refractivity contribution in [2.75, 3.05) is 0 Å². The normalized spacial score (nSPS) is 22.4. The molecule has 0 unspecified atom stereocenters. The smallest absolute Gasteiger partial charge is 0.0372 e. The molecule has 0 saturated heterocycles. The molecule has 0 bridgehead atoms. The zero-order valence-electron chi connectivity index (χ0n) is 13.1. The zero-order chi connectivity index (χ0) is 14.1. The van der Waals surface area contributed by atoms with E-state index in [0.29, 0.717) is 16.9 Å². The van der Waals surface area contributed by atoms with Crippen molar-refractivity contribution in [3.8, 4) is 0 Å². The summed E-state index contributed by atoms with van der Waals surface area (Å²) in [5.74, 6) is 0. The van der Waals surface area contributed by atoms with Crippen LogP contribution in [0.1, 0.15) is 58.2 Å². The van der Waals surface area contributed by atoms with Gasteiger partial charge in [0.25, 0.3) is 0 Å². The first-order chi connectivity index (χ1) is 8.76. The molecule has 2 rings (SSSR count). The Balaban J connectivity index is 1.93. The van der Waals surface area contributed by atoms with Gasteiger partial charge >= 0.3 is 0 Å². The van der Waals surface area contributed by atoms with Crippen LogP contribution in [0, 0.1) is 17.8 Å². The summed E-state index contributed by atoms with van der Waals surface area (Å²) in [6.07, 6.45) is 5.86. The molecular formula is C17H28N2. The Morgan fingerprint density at radius 3 is 2.32 bits per heavy atom. The molecule has 0 spiro atoms. The largest absolute Gasteiger partial charge is 0.310 e. The van der Waals surface area contributed by atoms with Crippen LogP contribution in [0.25, 0.3) is 0 Å². The van der Waals surface area contributed by atoms with Gasteiger partial charge in [-0.1, -0.05) is 33.8 Å². The number of pyridine rings is 1. The summed E-state index contributed by atoms with van der Waals surface area (Å²) < 4.78 is 0. The summed E-state index contributed by atoms with van der Waals surface area (Å²) in [4.78, 5) is 4.36. The minimum absolute atomic E-state index is 0.449. The van der Waals surface area contributed by atoms with E-state index >= 15 is 0 Å². The second-order valence-electron chi connectivity index (χ2n) is 7.80. The Bertz CT molecular complexity index is 401. The standard InChI is InChI=1S/C17H28N2/c1-13-6-7-14(10-18-13)11-19-15-8-16(2,3)12-17(4,5)9-15/h6-7,10,15,19H,8-9,11-12H2,1-5H3. The minimum Gasteiger partial charge on any atom is -0.310 e. The fourth-order valence-corrected chi connectivity index (χ4v) is 3.86. The van der Waals surface area contributed by atoms with Gasteiger partial charge in [0.1, 0.15) is 0 Å². The van der Waals surface area contributed by atoms with Crippen molar-refractivity contribution in [1.29, 1.82) is 0 Å². The Morgan fingerprint density at radius 2 is 1.79 bits per heavy atom. The van der Waals surface area contributed by atoms with Crippen molar-refractivity contribution in [2.45, 2.75) is 66.5 Å². The highest BCUT2D eigenvalue weighted by atomic mass is 14.9. The molecule has 2 nitrogen and oxygen atoms in total. The molecule has 1 heterocycles. The number of aromatic nitrogens is 1. The highest BCUT2D eigenvalue weighted by Gasteiger charge is 2.38. The lowest BCUT2D eigenvalue weighted by atomic mass is 9.63. The summed E-state index contributed by atoms with van der Waals surface area (Å²) in [5, 5.41) is 3.73. The number of nitrogens with one attached hydrogen (secondary N) is 1. The van der Waals surface area contributed by atoms with Gasteiger partial charge in [0.2, 0.25) is 0 Å². The lowest BCUT2D eigenvalue weighted by Crippen LogP contribution is -2.43. The maximum Gasteiger partial charge on any atom is 0.0372 e. The van der Waals surface area contributed by atoms with Gasteiger partial charge in [-0.3, -0.25) is 4.98 Å². The van der Waals surface area contributed by atoms with Crippen molar-refractivity contribution >= 4 is 0 Å². The van der Waals surface area contributed by atoms with Gasteiger partial charge in [-0.25, -0.2) is 0 Å². The summed E-state index contributed by atoms with van der Waals surface area (Å²) in [6.45, 7) is 12.6. The molecule has 1 aliphatic rings. The molecule has 0 aromatic carbocycles. The molecule has 1 N–H and O–H groups in total. The molecule has 106 valence electrons. The second kappa shape index (κ2) is 5.24. The van der Waals surface area contributed by atoms with Gasteiger partial charge in [-0.2, -0.15) is 0 Å². The van der Waals surface area contributed by atoms with Crippen LogP contribution in [0.4, 0.5) is 0 Å². The third-order valence-corrected chi connectivity index (χ3v) is 4.12. The van der Waals surface area contributed by atoms with E-state index < -0.39 is 0 Å². The van der Waals surface area contributed by atoms with Gasteiger partial charge in [-0.15, -0.1) is 0 Å². The van der Waals surface area contributed by atoms with Crippen LogP contribution in [0.15, 0.2) is 18.3 Å². The number of hydrogen-bond donors (Lipinski definition) is 1. The first-order valence-electron chi connectivity index (χ1n) is 7.41. The molecule has 0 amide bonds. The van der Waals surface area contributed by atoms with E-state index in [4.69, 9.17) is 0 Å². The summed E-state index contributed by atoms with van der Waals surface area (Å²) in [7, 11) is 0. The predicted octanol–water partition coefficient (Wildman–Crippen LogP) is 4.08. The van der Waals surface area contributed by atoms with Crippen LogP contribution < -0.4 is 5.32 Å². The van der Waals surface area contributed by atoms with Crippen LogP contribution in [0.3, 0.4) is 0 Å². The third-order valence-electron chi connectivity index (χ3n) is 4.12. The summed E-state index contributed by atoms with van der Waals surface area (Å²) >= 11 is 0. The first kappa shape index (κ1) is 14.5. The van der Waals surface area contributed by atoms with Crippen molar-refractivity contribution in [2.24, 2.45) is 10.8 Å². The fourth-order valence-electron chi connectivity index (χ4n) is 3.86. The van der Waals surface area contributed by atoms with Crippen molar-refractivity contribution in [1.82, 2.24) is 10.3 Å². The highest BCUT2D eigenvalue weighted by molar-refractivity contribution is 5.13. The van der Waals surface area contributed by atoms with Gasteiger partial charge in [-0.05, 0) is 48.6 Å². The lowest BCUT2D eigenvalue weighted by Gasteiger charge is -2.45. The lowest BCUT2D eigenvalue weighted by molar-refractivity contribution is 0.0845. The van der Waals surface area contributed by atoms with Gasteiger partial charge in [0.05, 0.1) is 0 Å². The van der Waals surface area contributed by atoms with Crippen LogP contribution in [0.5, 0.6) is 0 Å². The molecule has 1 aromatic rings. The van der Waals surface area contributed by atoms with Gasteiger partial charge in [0.15, 0.2) is 0 Å². The number of rotatable bonds is 3. The molecule has 1 fully saturated rings. The minimum atomic E-state index is 0.449. The first-order valence-corrected chi connectivity index (χ1v) is 7.41. The van der Waals surface area contributed by atoms with Crippen molar-refractivity contribution in [3.63, 3.8) is 0 Å². The molecule has 1 aromatic heterocycles. The van der Waals surface area contributed by atoms with E-state index in [1.807, 2.05) is 13.1 Å². The van der Waals surface area contributed by atoms with Crippen LogP contribution in [-0.4, -0.2) is 11.0 Å². The zero-order valence-corrected chi connectivity index (χ0v) is 13.1. The van der Waals surface area contributed by atoms with E-state index in [9.17, 15) is 0 Å². The van der Waals surface area contributed by atoms with E-state index in [1.54, 1.807) is 0 Å². The Kier molecular flexibility index (Phi) is 4.00. The summed E-state index contributed by atoms with van der Waals surface area (Å²) in [6, 6.07) is 4.89. The van der Waals surface area contributed by atoms with Gasteiger partial charge in [0, 0.05) is 24.5 Å². The van der Waals surface area contributed by atoms with Gasteiger partial charge < -0.3 is 5.32 Å². The second-order valence-corrected chi connectivity index (χ2v) is 7.80. The molecule has 1 aliphatic carbocycles. The molecule has 19 heavy (non-hydrogen) atoms. The molecule has 0 aliphatic heterocycles. The van der Waals surface area contributed by atoms with Crippen molar-refractivity contribution < 1.29 is 0 Å². The average Bonchev–Trinajstić information content (AvgIpc) is 2.24. The highest BCUT2D eigenvalue weighted by Crippen LogP contribution is 2.45. The maximum absolute atomic E-state index is 4.36. The van der Waals surface area contributed by atoms with Crippen LogP contribution in [-0.2, 0) is 6.54 Å². The third kappa shape index (κ3) is 4.31. The van der Waals surface area contributed by atoms with E-state index in [1.165, 1.54) is 24.8 Å². The van der Waals surface area contributed by atoms with E-state index in [2.05, 4.69) is 50.1 Å². The van der Waals surface area contributed by atoms with E-state index in [0.717, 1.165) is 12.2 Å². The fraction of sp³-hybridized carbons (Fsp3) is 0.706. The molecule has 0 radical (unpaired) electrons. The molecule has 0 atom stereocenters. The number of hydrogen-bond acceptors (Lipinski definition) is 2. The van der Waals surface area contributed by atoms with Crippen molar-refractivity contribution in [3.05, 3.63) is 29.6 Å². The SMILES string of the molecule is Cc1ccc(CNC2CC(C)(C)CC(C)(C)C2)cn1. The monoisotopic (exact) mass is 260 g/mol. The predicted molar refractivity (Wildman–Crippen MR) is 81.0 cm³/mol. The van der Waals surface area contributed by atoms with Crippen LogP contribution in [0.2, 0.25) is 0 Å². The molecule has 1 saturated carbocycles. The quantitative estimate of drug-likeness (QED) is 0.885. The maximum atomic E-state index is 4.36. The Hall–Kier alpha value is -0.890.